The van der Waals surface area contributed by atoms with Crippen molar-refractivity contribution in [2.24, 2.45) is 0 Å². The molecule has 1 aromatic carbocycles. The van der Waals surface area contributed by atoms with E-state index < -0.39 is 18.1 Å². The minimum absolute atomic E-state index is 0.100. The Balaban J connectivity index is 2.93. The van der Waals surface area contributed by atoms with Gasteiger partial charge in [-0.1, -0.05) is 35.0 Å². The molecular formula is C13H16BrF2NO2. The van der Waals surface area contributed by atoms with Gasteiger partial charge in [-0.2, -0.15) is 8.78 Å². The zero-order valence-corrected chi connectivity index (χ0v) is 12.3. The maximum atomic E-state index is 12.3. The van der Waals surface area contributed by atoms with Gasteiger partial charge in [0.25, 0.3) is 5.91 Å². The fraction of sp³-hybridized carbons (Fsp3) is 0.462. The van der Waals surface area contributed by atoms with Crippen LogP contribution in [0.5, 0.6) is 5.75 Å². The van der Waals surface area contributed by atoms with Crippen molar-refractivity contribution in [3.63, 3.8) is 0 Å². The van der Waals surface area contributed by atoms with E-state index in [0.29, 0.717) is 11.8 Å². The second-order valence-corrected chi connectivity index (χ2v) is 4.94. The molecule has 106 valence electrons. The first-order chi connectivity index (χ1) is 8.91. The second-order valence-electron chi connectivity index (χ2n) is 4.38. The van der Waals surface area contributed by atoms with Crippen LogP contribution in [-0.2, 0) is 0 Å². The Morgan fingerprint density at radius 1 is 1.47 bits per heavy atom. The number of ether oxygens (including phenoxy) is 1. The average molecular weight is 336 g/mol. The Bertz CT molecular complexity index is 436. The number of hydrogen-bond acceptors (Lipinski definition) is 2. The van der Waals surface area contributed by atoms with Crippen LogP contribution in [0.1, 0.15) is 30.6 Å². The van der Waals surface area contributed by atoms with Gasteiger partial charge in [0, 0.05) is 10.9 Å². The highest BCUT2D eigenvalue weighted by Crippen LogP contribution is 2.22. The molecule has 0 aliphatic rings. The summed E-state index contributed by atoms with van der Waals surface area (Å²) in [7, 11) is 0. The van der Waals surface area contributed by atoms with Gasteiger partial charge in [0.15, 0.2) is 0 Å². The van der Waals surface area contributed by atoms with Crippen molar-refractivity contribution in [2.75, 3.05) is 5.33 Å². The summed E-state index contributed by atoms with van der Waals surface area (Å²) >= 11 is 3.33. The number of halogens is 3. The molecule has 1 atom stereocenters. The van der Waals surface area contributed by atoms with Crippen LogP contribution in [0.15, 0.2) is 24.3 Å². The van der Waals surface area contributed by atoms with Crippen molar-refractivity contribution in [2.45, 2.75) is 32.4 Å². The molecule has 0 saturated heterocycles. The Morgan fingerprint density at radius 2 is 2.11 bits per heavy atom. The van der Waals surface area contributed by atoms with E-state index in [1.165, 1.54) is 18.2 Å². The standard InChI is InChI=1S/C13H16BrF2NO2/c1-3-13(2,8-14)17-11(18)9-6-4-5-7-10(9)19-12(15)16/h4-7,12H,3,8H2,1-2H3,(H,17,18). The Hall–Kier alpha value is -1.17. The molecular weight excluding hydrogens is 320 g/mol. The molecule has 0 spiro atoms. The molecule has 0 aromatic heterocycles. The molecule has 0 saturated carbocycles. The van der Waals surface area contributed by atoms with Gasteiger partial charge in [-0.15, -0.1) is 0 Å². The smallest absolute Gasteiger partial charge is 0.387 e. The number of alkyl halides is 3. The van der Waals surface area contributed by atoms with Crippen LogP contribution in [0.4, 0.5) is 8.78 Å². The minimum atomic E-state index is -2.96. The van der Waals surface area contributed by atoms with Gasteiger partial charge in [-0.3, -0.25) is 4.79 Å². The normalized spacial score (nSPS) is 14.0. The fourth-order valence-electron chi connectivity index (χ4n) is 1.41. The number of para-hydroxylation sites is 1. The number of nitrogens with one attached hydrogen (secondary N) is 1. The van der Waals surface area contributed by atoms with E-state index >= 15 is 0 Å². The second kappa shape index (κ2) is 6.84. The van der Waals surface area contributed by atoms with E-state index in [4.69, 9.17) is 0 Å². The molecule has 1 aromatic rings. The number of rotatable bonds is 6. The largest absolute Gasteiger partial charge is 0.434 e. The maximum Gasteiger partial charge on any atom is 0.387 e. The summed E-state index contributed by atoms with van der Waals surface area (Å²) in [6, 6.07) is 5.94. The van der Waals surface area contributed by atoms with E-state index in [9.17, 15) is 13.6 Å². The first-order valence-corrected chi connectivity index (χ1v) is 6.96. The Labute approximate surface area is 119 Å². The number of carbonyl (C=O) groups excluding carboxylic acids is 1. The average Bonchev–Trinajstić information content (AvgIpc) is 2.38. The zero-order valence-electron chi connectivity index (χ0n) is 10.8. The van der Waals surface area contributed by atoms with Gasteiger partial charge in [-0.25, -0.2) is 0 Å². The highest BCUT2D eigenvalue weighted by Gasteiger charge is 2.25. The molecule has 0 radical (unpaired) electrons. The molecule has 0 heterocycles. The van der Waals surface area contributed by atoms with Gasteiger partial charge >= 0.3 is 6.61 Å². The molecule has 0 aliphatic carbocycles. The highest BCUT2D eigenvalue weighted by atomic mass is 79.9. The SMILES string of the molecule is CCC(C)(CBr)NC(=O)c1ccccc1OC(F)F. The molecule has 3 nitrogen and oxygen atoms in total. The summed E-state index contributed by atoms with van der Waals surface area (Å²) in [5.41, 5.74) is -0.335. The van der Waals surface area contributed by atoms with Gasteiger partial charge in [-0.05, 0) is 25.5 Å². The lowest BCUT2D eigenvalue weighted by atomic mass is 10.0. The molecule has 0 aliphatic heterocycles. The van der Waals surface area contributed by atoms with Crippen molar-refractivity contribution in [3.05, 3.63) is 29.8 Å². The molecule has 0 bridgehead atoms. The quantitative estimate of drug-likeness (QED) is 0.807. The molecule has 1 N–H and O–H groups in total. The van der Waals surface area contributed by atoms with Crippen LogP contribution in [0, 0.1) is 0 Å². The third-order valence-corrected chi connectivity index (χ3v) is 4.08. The first kappa shape index (κ1) is 15.9. The summed E-state index contributed by atoms with van der Waals surface area (Å²) in [6.07, 6.45) is 0.710. The van der Waals surface area contributed by atoms with Crippen LogP contribution in [0.3, 0.4) is 0 Å². The van der Waals surface area contributed by atoms with Crippen molar-refractivity contribution in [1.82, 2.24) is 5.32 Å². The van der Waals surface area contributed by atoms with E-state index in [2.05, 4.69) is 26.0 Å². The third-order valence-electron chi connectivity index (χ3n) is 2.84. The summed E-state index contributed by atoms with van der Waals surface area (Å²) in [4.78, 5) is 12.1. The van der Waals surface area contributed by atoms with Crippen LogP contribution < -0.4 is 10.1 Å². The van der Waals surface area contributed by atoms with Crippen molar-refractivity contribution in [1.29, 1.82) is 0 Å². The van der Waals surface area contributed by atoms with Crippen LogP contribution in [-0.4, -0.2) is 23.4 Å². The molecule has 1 rings (SSSR count). The summed E-state index contributed by atoms with van der Waals surface area (Å²) in [5, 5.41) is 3.38. The monoisotopic (exact) mass is 335 g/mol. The van der Waals surface area contributed by atoms with Gasteiger partial charge < -0.3 is 10.1 Å². The van der Waals surface area contributed by atoms with Gasteiger partial charge in [0.1, 0.15) is 5.75 Å². The number of hydrogen-bond donors (Lipinski definition) is 1. The summed E-state index contributed by atoms with van der Waals surface area (Å²) in [5.74, 6) is -0.553. The third kappa shape index (κ3) is 4.45. The minimum Gasteiger partial charge on any atom is -0.434 e. The van der Waals surface area contributed by atoms with E-state index in [0.717, 1.165) is 0 Å². The predicted octanol–water partition coefficient (Wildman–Crippen LogP) is 3.58. The molecule has 1 amide bonds. The van der Waals surface area contributed by atoms with Crippen LogP contribution in [0.25, 0.3) is 0 Å². The van der Waals surface area contributed by atoms with E-state index in [1.54, 1.807) is 6.07 Å². The molecule has 0 fully saturated rings. The van der Waals surface area contributed by atoms with Crippen LogP contribution in [0.2, 0.25) is 0 Å². The molecule has 19 heavy (non-hydrogen) atoms. The Kier molecular flexibility index (Phi) is 5.72. The van der Waals surface area contributed by atoms with Gasteiger partial charge in [0.05, 0.1) is 5.56 Å². The van der Waals surface area contributed by atoms with Gasteiger partial charge in [0.2, 0.25) is 0 Å². The highest BCUT2D eigenvalue weighted by molar-refractivity contribution is 9.09. The maximum absolute atomic E-state index is 12.3. The lowest BCUT2D eigenvalue weighted by Crippen LogP contribution is -2.47. The number of carbonyl (C=O) groups is 1. The fourth-order valence-corrected chi connectivity index (χ4v) is 1.95. The topological polar surface area (TPSA) is 38.3 Å². The Morgan fingerprint density at radius 3 is 2.63 bits per heavy atom. The van der Waals surface area contributed by atoms with Crippen LogP contribution >= 0.6 is 15.9 Å². The lowest BCUT2D eigenvalue weighted by Gasteiger charge is -2.27. The summed E-state index contributed by atoms with van der Waals surface area (Å²) in [6.45, 7) is 0.849. The summed E-state index contributed by atoms with van der Waals surface area (Å²) < 4.78 is 28.9. The number of benzene rings is 1. The van der Waals surface area contributed by atoms with Crippen molar-refractivity contribution in [3.8, 4) is 5.75 Å². The lowest BCUT2D eigenvalue weighted by molar-refractivity contribution is -0.0501. The molecule has 6 heteroatoms. The first-order valence-electron chi connectivity index (χ1n) is 5.84. The van der Waals surface area contributed by atoms with Crippen molar-refractivity contribution >= 4 is 21.8 Å². The number of amides is 1. The molecule has 1 unspecified atom stereocenters. The van der Waals surface area contributed by atoms with E-state index in [-0.39, 0.29) is 11.3 Å². The predicted molar refractivity (Wildman–Crippen MR) is 73.0 cm³/mol. The zero-order chi connectivity index (χ0) is 14.5. The van der Waals surface area contributed by atoms with Crippen molar-refractivity contribution < 1.29 is 18.3 Å². The van der Waals surface area contributed by atoms with E-state index in [1.807, 2.05) is 13.8 Å².